The maximum absolute atomic E-state index is 11.7. The molecule has 3 heteroatoms. The highest BCUT2D eigenvalue weighted by Gasteiger charge is 2.05. The van der Waals surface area contributed by atoms with E-state index in [-0.39, 0.29) is 0 Å². The van der Waals surface area contributed by atoms with E-state index >= 15 is 0 Å². The van der Waals surface area contributed by atoms with Gasteiger partial charge in [0.2, 0.25) is 0 Å². The van der Waals surface area contributed by atoms with Crippen LogP contribution in [-0.2, 0) is 0 Å². The number of benzene rings is 1. The number of hydrogen-bond donors (Lipinski definition) is 0. The van der Waals surface area contributed by atoms with Gasteiger partial charge < -0.3 is 4.42 Å². The number of aryl methyl sites for hydroxylation is 1. The van der Waals surface area contributed by atoms with Gasteiger partial charge in [-0.1, -0.05) is 18.7 Å². The van der Waals surface area contributed by atoms with Crippen LogP contribution in [0.5, 0.6) is 0 Å². The first-order valence-corrected chi connectivity index (χ1v) is 5.07. The van der Waals surface area contributed by atoms with Gasteiger partial charge in [-0.05, 0) is 37.6 Å². The molecule has 2 aromatic rings. The minimum absolute atomic E-state index is 0.399. The van der Waals surface area contributed by atoms with Crippen molar-refractivity contribution in [1.29, 1.82) is 0 Å². The van der Waals surface area contributed by atoms with Gasteiger partial charge in [-0.15, -0.1) is 0 Å². The van der Waals surface area contributed by atoms with Crippen LogP contribution in [0.4, 0.5) is 0 Å². The van der Waals surface area contributed by atoms with Gasteiger partial charge >= 0.3 is 5.76 Å². The Morgan fingerprint density at radius 3 is 2.75 bits per heavy atom. The van der Waals surface area contributed by atoms with Gasteiger partial charge in [0.25, 0.3) is 0 Å². The number of oxazole rings is 1. The quantitative estimate of drug-likeness (QED) is 0.710. The standard InChI is InChI=1S/C13H13NO2/c1-4-12-10(3)14(13(15)16-12)11-7-5-6-9(2)8-11/h4-8H,3H2,1-2H3/b12-4+. The number of hydrogen-bond acceptors (Lipinski definition) is 2. The highest BCUT2D eigenvalue weighted by atomic mass is 16.4. The zero-order valence-electron chi connectivity index (χ0n) is 9.36. The molecule has 2 rings (SSSR count). The highest BCUT2D eigenvalue weighted by Crippen LogP contribution is 2.05. The second kappa shape index (κ2) is 3.85. The topological polar surface area (TPSA) is 35.1 Å². The zero-order chi connectivity index (χ0) is 11.7. The van der Waals surface area contributed by atoms with Crippen molar-refractivity contribution in [3.63, 3.8) is 0 Å². The fourth-order valence-electron chi connectivity index (χ4n) is 1.67. The molecule has 82 valence electrons. The first kappa shape index (κ1) is 10.5. The molecule has 0 amide bonds. The van der Waals surface area contributed by atoms with Gasteiger partial charge in [0.15, 0.2) is 5.42 Å². The van der Waals surface area contributed by atoms with Crippen LogP contribution in [0.2, 0.25) is 0 Å². The average molecular weight is 215 g/mol. The van der Waals surface area contributed by atoms with Gasteiger partial charge in [-0.2, -0.15) is 0 Å². The van der Waals surface area contributed by atoms with Crippen molar-refractivity contribution in [1.82, 2.24) is 4.57 Å². The van der Waals surface area contributed by atoms with Crippen LogP contribution in [0, 0.1) is 6.92 Å². The lowest BCUT2D eigenvalue weighted by Crippen LogP contribution is -2.29. The molecule has 3 nitrogen and oxygen atoms in total. The van der Waals surface area contributed by atoms with Crippen molar-refractivity contribution < 1.29 is 4.42 Å². The molecule has 1 heterocycles. The predicted molar refractivity (Wildman–Crippen MR) is 64.0 cm³/mol. The molecule has 0 aliphatic carbocycles. The molecule has 0 atom stereocenters. The average Bonchev–Trinajstić information content (AvgIpc) is 2.53. The summed E-state index contributed by atoms with van der Waals surface area (Å²) in [6, 6.07) is 7.66. The van der Waals surface area contributed by atoms with Crippen LogP contribution < -0.4 is 16.5 Å². The summed E-state index contributed by atoms with van der Waals surface area (Å²) in [6.07, 6.45) is 1.73. The third-order valence-electron chi connectivity index (χ3n) is 2.46. The Bertz CT molecular complexity index is 677. The van der Waals surface area contributed by atoms with Crippen molar-refractivity contribution in [3.05, 3.63) is 51.1 Å². The molecule has 1 aromatic heterocycles. The van der Waals surface area contributed by atoms with Crippen molar-refractivity contribution >= 4 is 12.7 Å². The van der Waals surface area contributed by atoms with Gasteiger partial charge in [0, 0.05) is 0 Å². The van der Waals surface area contributed by atoms with E-state index in [1.165, 1.54) is 4.57 Å². The maximum atomic E-state index is 11.7. The highest BCUT2D eigenvalue weighted by molar-refractivity contribution is 5.36. The molecule has 0 N–H and O–H groups in total. The summed E-state index contributed by atoms with van der Waals surface area (Å²) >= 11 is 0. The lowest BCUT2D eigenvalue weighted by Gasteiger charge is -2.00. The van der Waals surface area contributed by atoms with Crippen LogP contribution in [0.25, 0.3) is 18.3 Å². The molecule has 0 unspecified atom stereocenters. The Morgan fingerprint density at radius 2 is 2.19 bits per heavy atom. The Morgan fingerprint density at radius 1 is 1.44 bits per heavy atom. The summed E-state index contributed by atoms with van der Waals surface area (Å²) in [6.45, 7) is 7.65. The number of rotatable bonds is 1. The smallest absolute Gasteiger partial charge is 0.408 e. The van der Waals surface area contributed by atoms with Gasteiger partial charge in [-0.25, -0.2) is 9.36 Å². The van der Waals surface area contributed by atoms with Crippen LogP contribution in [0.15, 0.2) is 33.5 Å². The summed E-state index contributed by atoms with van der Waals surface area (Å²) in [5, 5.41) is 0.582. The molecule has 0 saturated carbocycles. The summed E-state index contributed by atoms with van der Waals surface area (Å²) in [7, 11) is 0. The Hall–Kier alpha value is -2.03. The van der Waals surface area contributed by atoms with E-state index in [0.717, 1.165) is 11.3 Å². The molecular formula is C13H13NO2. The predicted octanol–water partition coefficient (Wildman–Crippen LogP) is 0.950. The maximum Gasteiger partial charge on any atom is 0.424 e. The normalized spacial score (nSPS) is 12.0. The molecular weight excluding hydrogens is 202 g/mol. The molecule has 0 bridgehead atoms. The van der Waals surface area contributed by atoms with Crippen LogP contribution >= 0.6 is 0 Å². The third-order valence-corrected chi connectivity index (χ3v) is 2.46. The summed E-state index contributed by atoms with van der Waals surface area (Å²) in [4.78, 5) is 11.7. The summed E-state index contributed by atoms with van der Waals surface area (Å²) < 4.78 is 6.55. The van der Waals surface area contributed by atoms with Crippen LogP contribution in [-0.4, -0.2) is 4.57 Å². The van der Waals surface area contributed by atoms with Gasteiger partial charge in [-0.3, -0.25) is 0 Å². The lowest BCUT2D eigenvalue weighted by atomic mass is 10.2. The molecule has 0 fully saturated rings. The lowest BCUT2D eigenvalue weighted by molar-refractivity contribution is 0.477. The van der Waals surface area contributed by atoms with E-state index in [4.69, 9.17) is 4.42 Å². The van der Waals surface area contributed by atoms with Crippen molar-refractivity contribution in [2.45, 2.75) is 13.8 Å². The van der Waals surface area contributed by atoms with E-state index in [2.05, 4.69) is 6.58 Å². The summed E-state index contributed by atoms with van der Waals surface area (Å²) in [5.41, 5.74) is 2.39. The fraction of sp³-hybridized carbons (Fsp3) is 0.154. The van der Waals surface area contributed by atoms with E-state index in [0.29, 0.717) is 10.8 Å². The number of aromatic nitrogens is 1. The van der Waals surface area contributed by atoms with E-state index < -0.39 is 5.76 Å². The molecule has 0 saturated heterocycles. The molecule has 0 aliphatic heterocycles. The van der Waals surface area contributed by atoms with E-state index in [1.807, 2.05) is 38.1 Å². The SMILES string of the molecule is C=c1/c(=C\C)oc(=O)n1-c1cccc(C)c1. The molecule has 1 aromatic carbocycles. The zero-order valence-corrected chi connectivity index (χ0v) is 9.36. The first-order valence-electron chi connectivity index (χ1n) is 5.07. The van der Waals surface area contributed by atoms with Crippen molar-refractivity contribution in [2.75, 3.05) is 0 Å². The van der Waals surface area contributed by atoms with E-state index in [1.54, 1.807) is 6.08 Å². The summed E-state index contributed by atoms with van der Waals surface area (Å²) in [5.74, 6) is -0.399. The Balaban J connectivity index is 2.80. The fourth-order valence-corrected chi connectivity index (χ4v) is 1.67. The largest absolute Gasteiger partial charge is 0.424 e. The minimum Gasteiger partial charge on any atom is -0.408 e. The third kappa shape index (κ3) is 1.60. The van der Waals surface area contributed by atoms with E-state index in [9.17, 15) is 4.79 Å². The Labute approximate surface area is 93.0 Å². The minimum atomic E-state index is -0.399. The number of nitrogens with zero attached hydrogens (tertiary/aromatic N) is 1. The first-order chi connectivity index (χ1) is 7.63. The molecule has 0 aliphatic rings. The molecule has 0 spiro atoms. The van der Waals surface area contributed by atoms with Crippen molar-refractivity contribution in [2.24, 2.45) is 0 Å². The molecule has 0 radical (unpaired) electrons. The van der Waals surface area contributed by atoms with Gasteiger partial charge in [0.05, 0.1) is 11.0 Å². The monoisotopic (exact) mass is 215 g/mol. The van der Waals surface area contributed by atoms with Crippen LogP contribution in [0.1, 0.15) is 12.5 Å². The second-order valence-corrected chi connectivity index (χ2v) is 3.64. The second-order valence-electron chi connectivity index (χ2n) is 3.64. The Kier molecular flexibility index (Phi) is 2.52. The van der Waals surface area contributed by atoms with Crippen molar-refractivity contribution in [3.8, 4) is 5.69 Å². The van der Waals surface area contributed by atoms with Crippen LogP contribution in [0.3, 0.4) is 0 Å². The molecule has 16 heavy (non-hydrogen) atoms. The van der Waals surface area contributed by atoms with Gasteiger partial charge in [0.1, 0.15) is 0 Å².